The molecule has 0 unspecified atom stereocenters. The van der Waals surface area contributed by atoms with Crippen LogP contribution in [0.3, 0.4) is 0 Å². The van der Waals surface area contributed by atoms with Crippen LogP contribution < -0.4 is 0 Å². The summed E-state index contributed by atoms with van der Waals surface area (Å²) < 4.78 is 0. The number of hydrogen-bond donors (Lipinski definition) is 0. The zero-order valence-corrected chi connectivity index (χ0v) is 6.12. The Morgan fingerprint density at radius 1 is 1.75 bits per heavy atom. The molecule has 0 saturated carbocycles. The number of rotatable bonds is 4. The van der Waals surface area contributed by atoms with Crippen molar-refractivity contribution in [1.82, 2.24) is 0 Å². The molecular weight excluding hydrogens is 119 g/mol. The van der Waals surface area contributed by atoms with Gasteiger partial charge in [-0.25, -0.2) is 11.6 Å². The second-order valence-electron chi connectivity index (χ2n) is 1.56. The van der Waals surface area contributed by atoms with Gasteiger partial charge in [-0.1, -0.05) is 6.82 Å². The number of ketones is 1. The van der Waals surface area contributed by atoms with E-state index in [9.17, 15) is 4.79 Å². The average Bonchev–Trinajstić information content (AvgIpc) is 1.66. The highest BCUT2D eigenvalue weighted by Gasteiger charge is 1.90. The summed E-state index contributed by atoms with van der Waals surface area (Å²) in [6.07, 6.45) is 0.703. The third-order valence-corrected chi connectivity index (χ3v) is 1.51. The first kappa shape index (κ1) is 8.08. The van der Waals surface area contributed by atoms with E-state index in [0.717, 1.165) is 5.75 Å². The van der Waals surface area contributed by atoms with Crippen molar-refractivity contribution in [2.75, 3.05) is 5.75 Å². The lowest BCUT2D eigenvalue weighted by Gasteiger charge is -1.90. The molecule has 0 aliphatic carbocycles. The molecule has 0 aromatic heterocycles. The van der Waals surface area contributed by atoms with Gasteiger partial charge in [0.1, 0.15) is 5.78 Å². The lowest BCUT2D eigenvalue weighted by molar-refractivity contribution is -0.116. The van der Waals surface area contributed by atoms with Crippen molar-refractivity contribution in [2.45, 2.75) is 20.2 Å². The van der Waals surface area contributed by atoms with E-state index in [4.69, 9.17) is 0 Å². The van der Waals surface area contributed by atoms with Crippen molar-refractivity contribution in [3.63, 3.8) is 0 Å². The molecule has 1 radical (unpaired) electrons. The van der Waals surface area contributed by atoms with E-state index >= 15 is 0 Å². The second kappa shape index (κ2) is 5.23. The van der Waals surface area contributed by atoms with E-state index in [1.54, 1.807) is 18.5 Å². The number of carbonyl (C=O) groups is 1. The SMILES string of the molecule is C[B]SCCC(C)=O. The fourth-order valence-corrected chi connectivity index (χ4v) is 0.962. The molecule has 0 fully saturated rings. The van der Waals surface area contributed by atoms with Crippen LogP contribution in [0.25, 0.3) is 0 Å². The maximum absolute atomic E-state index is 10.3. The van der Waals surface area contributed by atoms with E-state index in [1.807, 2.05) is 13.4 Å². The van der Waals surface area contributed by atoms with Crippen LogP contribution in [0, 0.1) is 0 Å². The molecule has 0 bridgehead atoms. The molecule has 8 heavy (non-hydrogen) atoms. The van der Waals surface area contributed by atoms with E-state index in [0.29, 0.717) is 6.42 Å². The van der Waals surface area contributed by atoms with Crippen LogP contribution in [0.4, 0.5) is 0 Å². The third kappa shape index (κ3) is 6.08. The van der Waals surface area contributed by atoms with Crippen molar-refractivity contribution in [1.29, 1.82) is 0 Å². The summed E-state index contributed by atoms with van der Waals surface area (Å²) in [5.41, 5.74) is 0. The summed E-state index contributed by atoms with van der Waals surface area (Å²) in [5, 5.41) is 0. The van der Waals surface area contributed by atoms with E-state index in [1.165, 1.54) is 0 Å². The molecular formula is C5H10BOS. The van der Waals surface area contributed by atoms with E-state index in [-0.39, 0.29) is 5.78 Å². The molecule has 45 valence electrons. The first-order valence-corrected chi connectivity index (χ1v) is 3.71. The van der Waals surface area contributed by atoms with Gasteiger partial charge in [-0.2, -0.15) is 0 Å². The molecule has 0 spiro atoms. The topological polar surface area (TPSA) is 17.1 Å². The number of carbonyl (C=O) groups excluding carboxylic acids is 1. The van der Waals surface area contributed by atoms with Crippen LogP contribution in [-0.4, -0.2) is 18.1 Å². The first-order valence-electron chi connectivity index (χ1n) is 2.66. The first-order chi connectivity index (χ1) is 3.77. The van der Waals surface area contributed by atoms with Crippen LogP contribution in [0.15, 0.2) is 0 Å². The van der Waals surface area contributed by atoms with Gasteiger partial charge in [-0.3, -0.25) is 4.79 Å². The molecule has 0 aromatic carbocycles. The Labute approximate surface area is 55.4 Å². The van der Waals surface area contributed by atoms with Gasteiger partial charge in [-0.15, -0.1) is 0 Å². The van der Waals surface area contributed by atoms with Crippen LogP contribution in [-0.2, 0) is 4.79 Å². The predicted molar refractivity (Wildman–Crippen MR) is 39.4 cm³/mol. The molecule has 0 aliphatic rings. The zero-order valence-electron chi connectivity index (χ0n) is 5.31. The minimum absolute atomic E-state index is 0.277. The van der Waals surface area contributed by atoms with Crippen molar-refractivity contribution < 1.29 is 4.79 Å². The van der Waals surface area contributed by atoms with Gasteiger partial charge in [0.05, 0.1) is 0 Å². The van der Waals surface area contributed by atoms with Crippen LogP contribution in [0.1, 0.15) is 13.3 Å². The molecule has 0 N–H and O–H groups in total. The van der Waals surface area contributed by atoms with Crippen LogP contribution in [0.5, 0.6) is 0 Å². The standard InChI is InChI=1S/C5H10BOS/c1-5(7)3-4-8-6-2/h3-4H2,1-2H3. The van der Waals surface area contributed by atoms with Gasteiger partial charge >= 0.3 is 0 Å². The van der Waals surface area contributed by atoms with Crippen molar-refractivity contribution in [3.8, 4) is 0 Å². The summed E-state index contributed by atoms with van der Waals surface area (Å²) in [6, 6.07) is 0. The van der Waals surface area contributed by atoms with E-state index < -0.39 is 0 Å². The Balaban J connectivity index is 2.82. The third-order valence-electron chi connectivity index (χ3n) is 0.739. The molecule has 0 atom stereocenters. The molecule has 1 nitrogen and oxygen atoms in total. The van der Waals surface area contributed by atoms with Gasteiger partial charge in [0.15, 0.2) is 6.56 Å². The summed E-state index contributed by atoms with van der Waals surface area (Å²) in [5.74, 6) is 1.21. The van der Waals surface area contributed by atoms with Crippen LogP contribution >= 0.6 is 11.6 Å². The maximum atomic E-state index is 10.3. The largest absolute Gasteiger partial charge is 0.300 e. The minimum Gasteiger partial charge on any atom is -0.300 e. The highest BCUT2D eigenvalue weighted by Crippen LogP contribution is 1.98. The lowest BCUT2D eigenvalue weighted by atomic mass is 10.2. The summed E-state index contributed by atoms with van der Waals surface area (Å²) >= 11 is 1.69. The number of hydrogen-bond acceptors (Lipinski definition) is 2. The Morgan fingerprint density at radius 3 is 2.75 bits per heavy atom. The van der Waals surface area contributed by atoms with Gasteiger partial charge in [0.2, 0.25) is 0 Å². The Hall–Kier alpha value is 0.0849. The maximum Gasteiger partial charge on any atom is 0.188 e. The molecule has 3 heteroatoms. The fourth-order valence-electron chi connectivity index (χ4n) is 0.321. The van der Waals surface area contributed by atoms with Crippen molar-refractivity contribution in [2.24, 2.45) is 0 Å². The second-order valence-corrected chi connectivity index (χ2v) is 2.77. The molecule has 0 saturated heterocycles. The van der Waals surface area contributed by atoms with Gasteiger partial charge in [-0.05, 0) is 12.7 Å². The Kier molecular flexibility index (Phi) is 5.28. The van der Waals surface area contributed by atoms with Gasteiger partial charge < -0.3 is 0 Å². The van der Waals surface area contributed by atoms with E-state index in [2.05, 4.69) is 0 Å². The molecule has 0 heterocycles. The highest BCUT2D eigenvalue weighted by atomic mass is 32.2. The average molecular weight is 129 g/mol. The summed E-state index contributed by atoms with van der Waals surface area (Å²) in [7, 11) is 0. The monoisotopic (exact) mass is 129 g/mol. The predicted octanol–water partition coefficient (Wildman–Crippen LogP) is 1.37. The Morgan fingerprint density at radius 2 is 2.38 bits per heavy atom. The molecule has 0 rings (SSSR count). The quantitative estimate of drug-likeness (QED) is 0.421. The smallest absolute Gasteiger partial charge is 0.188 e. The van der Waals surface area contributed by atoms with Gasteiger partial charge in [0.25, 0.3) is 0 Å². The Bertz CT molecular complexity index is 74.8. The van der Waals surface area contributed by atoms with Crippen molar-refractivity contribution >= 4 is 24.0 Å². The zero-order chi connectivity index (χ0) is 6.41. The fraction of sp³-hybridized carbons (Fsp3) is 0.800. The van der Waals surface area contributed by atoms with Crippen LogP contribution in [0.2, 0.25) is 6.82 Å². The summed E-state index contributed by atoms with van der Waals surface area (Å²) in [6.45, 7) is 5.60. The highest BCUT2D eigenvalue weighted by molar-refractivity contribution is 8.22. The summed E-state index contributed by atoms with van der Waals surface area (Å²) in [4.78, 5) is 10.3. The molecule has 0 aliphatic heterocycles. The molecule has 0 aromatic rings. The lowest BCUT2D eigenvalue weighted by Crippen LogP contribution is -1.92. The van der Waals surface area contributed by atoms with Crippen molar-refractivity contribution in [3.05, 3.63) is 0 Å². The van der Waals surface area contributed by atoms with Gasteiger partial charge in [0, 0.05) is 6.42 Å². The minimum atomic E-state index is 0.277. The number of Topliss-reactive ketones (excluding diaryl/α,β-unsaturated/α-hetero) is 1. The molecule has 0 amide bonds. The normalized spacial score (nSPS) is 8.75.